The molecular formula is C24H36N2O4. The lowest BCUT2D eigenvalue weighted by atomic mass is 9.82. The highest BCUT2D eigenvalue weighted by Gasteiger charge is 2.46. The third-order valence-corrected chi connectivity index (χ3v) is 6.75. The first-order valence-corrected chi connectivity index (χ1v) is 11.3. The summed E-state index contributed by atoms with van der Waals surface area (Å²) in [5.41, 5.74) is 1.21. The number of nitrogens with zero attached hydrogens (tertiary/aromatic N) is 1. The number of likely N-dealkylation sites (tertiary alicyclic amines) is 1. The molecule has 6 nitrogen and oxygen atoms in total. The molecule has 1 N–H and O–H groups in total. The summed E-state index contributed by atoms with van der Waals surface area (Å²) in [6.07, 6.45) is 6.23. The first-order valence-electron chi connectivity index (χ1n) is 11.3. The van der Waals surface area contributed by atoms with E-state index in [2.05, 4.69) is 42.6 Å². The van der Waals surface area contributed by atoms with Crippen LogP contribution in [0.4, 0.5) is 4.79 Å². The van der Waals surface area contributed by atoms with Crippen LogP contribution in [0.25, 0.3) is 0 Å². The quantitative estimate of drug-likeness (QED) is 0.492. The Morgan fingerprint density at radius 3 is 2.63 bits per heavy atom. The Hall–Kier alpha value is -1.92. The average molecular weight is 417 g/mol. The molecule has 0 aromatic heterocycles. The van der Waals surface area contributed by atoms with Gasteiger partial charge >= 0.3 is 6.03 Å². The highest BCUT2D eigenvalue weighted by molar-refractivity contribution is 5.75. The predicted octanol–water partition coefficient (Wildman–Crippen LogP) is 3.76. The van der Waals surface area contributed by atoms with Gasteiger partial charge in [-0.2, -0.15) is 0 Å². The van der Waals surface area contributed by atoms with E-state index in [9.17, 15) is 9.59 Å². The van der Waals surface area contributed by atoms with Crippen LogP contribution in [0, 0.1) is 5.41 Å². The molecule has 2 atom stereocenters. The first kappa shape index (κ1) is 22.8. The van der Waals surface area contributed by atoms with Gasteiger partial charge in [0.1, 0.15) is 12.9 Å². The van der Waals surface area contributed by atoms with Gasteiger partial charge < -0.3 is 24.5 Å². The maximum atomic E-state index is 12.6. The summed E-state index contributed by atoms with van der Waals surface area (Å²) in [7, 11) is 0. The normalized spacial score (nSPS) is 29.0. The predicted molar refractivity (Wildman–Crippen MR) is 117 cm³/mol. The van der Waals surface area contributed by atoms with Crippen molar-refractivity contribution in [3.63, 3.8) is 0 Å². The second-order valence-electron chi connectivity index (χ2n) is 8.85. The molecule has 0 bridgehead atoms. The Morgan fingerprint density at radius 2 is 1.97 bits per heavy atom. The molecular weight excluding hydrogens is 380 g/mol. The summed E-state index contributed by atoms with van der Waals surface area (Å²) in [4.78, 5) is 25.1. The fourth-order valence-electron chi connectivity index (χ4n) is 4.89. The third-order valence-electron chi connectivity index (χ3n) is 6.75. The largest absolute Gasteiger partial charge is 0.376 e. The van der Waals surface area contributed by atoms with Crippen molar-refractivity contribution in [1.82, 2.24) is 10.2 Å². The monoisotopic (exact) mass is 416 g/mol. The Kier molecular flexibility index (Phi) is 8.28. The van der Waals surface area contributed by atoms with Crippen molar-refractivity contribution in [1.29, 1.82) is 0 Å². The third kappa shape index (κ3) is 5.61. The molecule has 3 rings (SSSR count). The molecule has 1 aliphatic carbocycles. The van der Waals surface area contributed by atoms with Crippen molar-refractivity contribution >= 4 is 12.3 Å². The number of hydrogen-bond acceptors (Lipinski definition) is 4. The average Bonchev–Trinajstić information content (AvgIpc) is 3.10. The molecule has 2 amide bonds. The van der Waals surface area contributed by atoms with Crippen LogP contribution >= 0.6 is 0 Å². The van der Waals surface area contributed by atoms with Crippen LogP contribution < -0.4 is 5.32 Å². The summed E-state index contributed by atoms with van der Waals surface area (Å²) in [5, 5.41) is 2.92. The number of aldehydes is 1. The van der Waals surface area contributed by atoms with E-state index in [1.165, 1.54) is 5.56 Å². The lowest BCUT2D eigenvalue weighted by Gasteiger charge is -2.37. The minimum atomic E-state index is -0.213. The van der Waals surface area contributed by atoms with Crippen LogP contribution in [0.5, 0.6) is 0 Å². The number of carbonyl (C=O) groups excluding carboxylic acids is 2. The zero-order valence-corrected chi connectivity index (χ0v) is 18.3. The smallest absolute Gasteiger partial charge is 0.317 e. The molecule has 0 radical (unpaired) electrons. The van der Waals surface area contributed by atoms with Gasteiger partial charge in [0.25, 0.3) is 0 Å². The number of benzene rings is 1. The fraction of sp³-hybridized carbons (Fsp3) is 0.667. The molecule has 1 heterocycles. The van der Waals surface area contributed by atoms with Gasteiger partial charge in [-0.3, -0.25) is 0 Å². The minimum Gasteiger partial charge on any atom is -0.376 e. The molecule has 6 heteroatoms. The van der Waals surface area contributed by atoms with Crippen molar-refractivity contribution in [3.8, 4) is 0 Å². The molecule has 1 saturated heterocycles. The van der Waals surface area contributed by atoms with Crippen molar-refractivity contribution in [2.75, 3.05) is 32.9 Å². The van der Waals surface area contributed by atoms with Crippen molar-refractivity contribution in [2.45, 2.75) is 64.0 Å². The van der Waals surface area contributed by atoms with Gasteiger partial charge in [-0.1, -0.05) is 37.3 Å². The Balaban J connectivity index is 1.56. The first-order chi connectivity index (χ1) is 14.6. The minimum absolute atomic E-state index is 0.0435. The number of ether oxygens (including phenoxy) is 2. The lowest BCUT2D eigenvalue weighted by Crippen LogP contribution is -2.50. The molecule has 0 spiro atoms. The zero-order valence-electron chi connectivity index (χ0n) is 18.3. The van der Waals surface area contributed by atoms with Crippen LogP contribution in [0.3, 0.4) is 0 Å². The van der Waals surface area contributed by atoms with Gasteiger partial charge in [0, 0.05) is 18.5 Å². The van der Waals surface area contributed by atoms with Crippen LogP contribution in [0.15, 0.2) is 30.3 Å². The van der Waals surface area contributed by atoms with Crippen LogP contribution in [-0.2, 0) is 14.3 Å². The fourth-order valence-corrected chi connectivity index (χ4v) is 4.89. The number of carbonyl (C=O) groups is 2. The summed E-state index contributed by atoms with van der Waals surface area (Å²) >= 11 is 0. The standard InChI is InChI=1S/C24H36N2O4/c1-3-25-23(28)26-14-13-24(2,18-29-16-15-27)22(26)17-30-21-11-9-20(10-12-21)19-7-5-4-6-8-19/h4-8,15,20-22H,3,9-14,16-18H2,1-2H3,(H,25,28). The highest BCUT2D eigenvalue weighted by atomic mass is 16.5. The molecule has 1 aromatic carbocycles. The van der Waals surface area contributed by atoms with Crippen molar-refractivity contribution in [3.05, 3.63) is 35.9 Å². The zero-order chi connectivity index (χ0) is 21.4. The van der Waals surface area contributed by atoms with Crippen LogP contribution in [0.1, 0.15) is 57.4 Å². The summed E-state index contributed by atoms with van der Waals surface area (Å²) in [6, 6.07) is 10.6. The number of nitrogens with one attached hydrogen (secondary N) is 1. The van der Waals surface area contributed by atoms with E-state index in [4.69, 9.17) is 9.47 Å². The van der Waals surface area contributed by atoms with Crippen LogP contribution in [-0.4, -0.2) is 62.3 Å². The number of urea groups is 1. The maximum Gasteiger partial charge on any atom is 0.317 e. The van der Waals surface area contributed by atoms with E-state index in [-0.39, 0.29) is 30.2 Å². The summed E-state index contributed by atoms with van der Waals surface area (Å²) in [5.74, 6) is 0.617. The molecule has 2 fully saturated rings. The molecule has 1 aliphatic heterocycles. The Morgan fingerprint density at radius 1 is 1.23 bits per heavy atom. The van der Waals surface area contributed by atoms with E-state index in [1.807, 2.05) is 11.8 Å². The topological polar surface area (TPSA) is 67.9 Å². The van der Waals surface area contributed by atoms with Crippen molar-refractivity contribution < 1.29 is 19.1 Å². The van der Waals surface area contributed by atoms with Gasteiger partial charge in [0.05, 0.1) is 25.4 Å². The molecule has 2 unspecified atom stereocenters. The van der Waals surface area contributed by atoms with Crippen LogP contribution in [0.2, 0.25) is 0 Å². The van der Waals surface area contributed by atoms with Gasteiger partial charge in [0.2, 0.25) is 0 Å². The van der Waals surface area contributed by atoms with Gasteiger partial charge in [-0.25, -0.2) is 4.79 Å². The maximum absolute atomic E-state index is 12.6. The van der Waals surface area contributed by atoms with Gasteiger partial charge in [-0.05, 0) is 50.5 Å². The highest BCUT2D eigenvalue weighted by Crippen LogP contribution is 2.39. The van der Waals surface area contributed by atoms with E-state index >= 15 is 0 Å². The molecule has 1 saturated carbocycles. The second kappa shape index (κ2) is 10.9. The SMILES string of the molecule is CCNC(=O)N1CCC(C)(COCC=O)C1COC1CCC(c2ccccc2)CC1. The molecule has 166 valence electrons. The molecule has 30 heavy (non-hydrogen) atoms. The second-order valence-corrected chi connectivity index (χ2v) is 8.85. The summed E-state index contributed by atoms with van der Waals surface area (Å²) < 4.78 is 11.9. The van der Waals surface area contributed by atoms with Crippen molar-refractivity contribution in [2.24, 2.45) is 5.41 Å². The van der Waals surface area contributed by atoms with Gasteiger partial charge in [-0.15, -0.1) is 0 Å². The number of amides is 2. The number of rotatable bonds is 9. The van der Waals surface area contributed by atoms with Gasteiger partial charge in [0.15, 0.2) is 0 Å². The lowest BCUT2D eigenvalue weighted by molar-refractivity contribution is -0.113. The van der Waals surface area contributed by atoms with E-state index < -0.39 is 0 Å². The van der Waals surface area contributed by atoms with E-state index in [0.29, 0.717) is 32.2 Å². The molecule has 1 aromatic rings. The Bertz CT molecular complexity index is 675. The Labute approximate surface area is 180 Å². The summed E-state index contributed by atoms with van der Waals surface area (Å²) in [6.45, 7) is 6.41. The van der Waals surface area contributed by atoms with E-state index in [0.717, 1.165) is 38.4 Å². The number of hydrogen-bond donors (Lipinski definition) is 1. The van der Waals surface area contributed by atoms with E-state index in [1.54, 1.807) is 0 Å². The molecule has 2 aliphatic rings.